The Balaban J connectivity index is 1.34. The van der Waals surface area contributed by atoms with Crippen LogP contribution < -0.4 is 11.1 Å². The average molecular weight is 534 g/mol. The normalized spacial score (nSPS) is 14.4. The third-order valence-electron chi connectivity index (χ3n) is 7.37. The van der Waals surface area contributed by atoms with Crippen molar-refractivity contribution in [2.75, 3.05) is 31.2 Å². The molecule has 1 fully saturated rings. The number of benzene rings is 2. The third-order valence-corrected chi connectivity index (χ3v) is 7.37. The van der Waals surface area contributed by atoms with Gasteiger partial charge in [-0.15, -0.1) is 0 Å². The van der Waals surface area contributed by atoms with Gasteiger partial charge in [-0.2, -0.15) is 5.10 Å². The monoisotopic (exact) mass is 533 g/mol. The Labute approximate surface area is 232 Å². The lowest BCUT2D eigenvalue weighted by molar-refractivity contribution is -0.111. The highest BCUT2D eigenvalue weighted by molar-refractivity contribution is 5.98. The second-order valence-corrected chi connectivity index (χ2v) is 10.1. The molecule has 0 atom stereocenters. The molecule has 0 saturated carbocycles. The van der Waals surface area contributed by atoms with Crippen molar-refractivity contribution in [3.63, 3.8) is 0 Å². The summed E-state index contributed by atoms with van der Waals surface area (Å²) in [5, 5.41) is 7.43. The van der Waals surface area contributed by atoms with Gasteiger partial charge >= 0.3 is 0 Å². The van der Waals surface area contributed by atoms with Crippen LogP contribution in [0.5, 0.6) is 0 Å². The standard InChI is InChI=1S/C30H31N9O/c1-3-27(40)34-22-10-8-20(9-11-22)18-38-26-7-5-4-6-24(26)36-30(38)28-29(31)32-17-25(35-28)21-16-33-39(19-21)23-12-14-37(2)15-13-23/h3-11,16-17,19,23H,1,12-15,18H2,2H3,(H2,31,32)(H,34,40). The minimum absolute atomic E-state index is 0.249. The summed E-state index contributed by atoms with van der Waals surface area (Å²) in [5.74, 6) is 0.701. The van der Waals surface area contributed by atoms with Crippen LogP contribution in [-0.2, 0) is 11.3 Å². The molecule has 0 bridgehead atoms. The van der Waals surface area contributed by atoms with E-state index in [0.29, 0.717) is 41.3 Å². The molecule has 3 aromatic heterocycles. The fourth-order valence-electron chi connectivity index (χ4n) is 5.12. The maximum atomic E-state index is 11.7. The first-order valence-corrected chi connectivity index (χ1v) is 13.3. The summed E-state index contributed by atoms with van der Waals surface area (Å²) in [6.07, 6.45) is 8.98. The summed E-state index contributed by atoms with van der Waals surface area (Å²) in [6, 6.07) is 16.0. The van der Waals surface area contributed by atoms with Crippen molar-refractivity contribution in [3.8, 4) is 22.8 Å². The van der Waals surface area contributed by atoms with Crippen molar-refractivity contribution >= 4 is 28.4 Å². The average Bonchev–Trinajstić information content (AvgIpc) is 3.61. The largest absolute Gasteiger partial charge is 0.382 e. The van der Waals surface area contributed by atoms with E-state index in [4.69, 9.17) is 15.7 Å². The van der Waals surface area contributed by atoms with E-state index < -0.39 is 0 Å². The van der Waals surface area contributed by atoms with E-state index >= 15 is 0 Å². The first kappa shape index (κ1) is 25.4. The summed E-state index contributed by atoms with van der Waals surface area (Å²) >= 11 is 0. The highest BCUT2D eigenvalue weighted by atomic mass is 16.1. The molecule has 2 aromatic carbocycles. The zero-order valence-corrected chi connectivity index (χ0v) is 22.4. The second-order valence-electron chi connectivity index (χ2n) is 10.1. The Hall–Kier alpha value is -4.83. The fourth-order valence-corrected chi connectivity index (χ4v) is 5.12. The van der Waals surface area contributed by atoms with E-state index in [1.54, 1.807) is 6.20 Å². The first-order valence-electron chi connectivity index (χ1n) is 13.3. The fraction of sp³-hybridized carbons (Fsp3) is 0.233. The molecule has 5 aromatic rings. The summed E-state index contributed by atoms with van der Waals surface area (Å²) < 4.78 is 4.15. The Morgan fingerprint density at radius 1 is 1.10 bits per heavy atom. The predicted octanol–water partition coefficient (Wildman–Crippen LogP) is 4.38. The van der Waals surface area contributed by atoms with Gasteiger partial charge in [0.2, 0.25) is 5.91 Å². The highest BCUT2D eigenvalue weighted by Gasteiger charge is 2.21. The van der Waals surface area contributed by atoms with Crippen LogP contribution in [0.3, 0.4) is 0 Å². The number of nitrogens with zero attached hydrogens (tertiary/aromatic N) is 7. The molecule has 202 valence electrons. The van der Waals surface area contributed by atoms with Gasteiger partial charge in [0.25, 0.3) is 0 Å². The van der Waals surface area contributed by atoms with E-state index in [2.05, 4.69) is 49.4 Å². The van der Waals surface area contributed by atoms with E-state index in [-0.39, 0.29) is 5.91 Å². The molecule has 1 aliphatic heterocycles. The number of anilines is 2. The number of para-hydroxylation sites is 2. The molecule has 0 unspecified atom stereocenters. The zero-order valence-electron chi connectivity index (χ0n) is 22.4. The van der Waals surface area contributed by atoms with Gasteiger partial charge in [-0.1, -0.05) is 30.8 Å². The van der Waals surface area contributed by atoms with Crippen LogP contribution in [0, 0.1) is 0 Å². The number of nitrogens with two attached hydrogens (primary N) is 1. The number of nitrogens with one attached hydrogen (secondary N) is 1. The minimum atomic E-state index is -0.249. The van der Waals surface area contributed by atoms with Crippen LogP contribution in [0.1, 0.15) is 24.4 Å². The van der Waals surface area contributed by atoms with Crippen molar-refractivity contribution < 1.29 is 4.79 Å². The van der Waals surface area contributed by atoms with Crippen molar-refractivity contribution in [2.45, 2.75) is 25.4 Å². The molecule has 0 spiro atoms. The number of fused-ring (bicyclic) bond motifs is 1. The molecule has 4 heterocycles. The lowest BCUT2D eigenvalue weighted by Gasteiger charge is -2.28. The van der Waals surface area contributed by atoms with Crippen LogP contribution in [0.25, 0.3) is 33.8 Å². The molecule has 3 N–H and O–H groups in total. The molecule has 10 heteroatoms. The first-order chi connectivity index (χ1) is 19.5. The number of imidazole rings is 1. The number of aromatic nitrogens is 6. The van der Waals surface area contributed by atoms with Gasteiger partial charge in [0.1, 0.15) is 5.69 Å². The Morgan fingerprint density at radius 2 is 1.88 bits per heavy atom. The molecule has 0 radical (unpaired) electrons. The number of piperidine rings is 1. The van der Waals surface area contributed by atoms with Crippen LogP contribution in [0.2, 0.25) is 0 Å². The van der Waals surface area contributed by atoms with Crippen LogP contribution >= 0.6 is 0 Å². The maximum absolute atomic E-state index is 11.7. The summed E-state index contributed by atoms with van der Waals surface area (Å²) in [4.78, 5) is 28.4. The Morgan fingerprint density at radius 3 is 2.65 bits per heavy atom. The van der Waals surface area contributed by atoms with Crippen molar-refractivity contribution in [1.82, 2.24) is 34.2 Å². The summed E-state index contributed by atoms with van der Waals surface area (Å²) in [7, 11) is 2.16. The smallest absolute Gasteiger partial charge is 0.247 e. The van der Waals surface area contributed by atoms with Crippen molar-refractivity contribution in [2.24, 2.45) is 0 Å². The maximum Gasteiger partial charge on any atom is 0.247 e. The summed E-state index contributed by atoms with van der Waals surface area (Å²) in [6.45, 7) is 6.16. The Bertz CT molecular complexity index is 1680. The topological polar surface area (TPSA) is 120 Å². The molecule has 1 saturated heterocycles. The molecule has 1 amide bonds. The molecular formula is C30H31N9O. The number of carbonyl (C=O) groups is 1. The van der Waals surface area contributed by atoms with Gasteiger partial charge in [-0.05, 0) is 68.9 Å². The quantitative estimate of drug-likeness (QED) is 0.298. The number of rotatable bonds is 7. The predicted molar refractivity (Wildman–Crippen MR) is 157 cm³/mol. The van der Waals surface area contributed by atoms with E-state index in [1.165, 1.54) is 6.08 Å². The minimum Gasteiger partial charge on any atom is -0.382 e. The van der Waals surface area contributed by atoms with E-state index in [0.717, 1.165) is 48.1 Å². The van der Waals surface area contributed by atoms with Crippen molar-refractivity contribution in [3.05, 3.63) is 85.3 Å². The van der Waals surface area contributed by atoms with Crippen LogP contribution in [-0.4, -0.2) is 60.2 Å². The van der Waals surface area contributed by atoms with Crippen LogP contribution in [0.4, 0.5) is 11.5 Å². The van der Waals surface area contributed by atoms with Gasteiger partial charge in [0.15, 0.2) is 11.6 Å². The number of amides is 1. The zero-order chi connectivity index (χ0) is 27.6. The SMILES string of the molecule is C=CC(=O)Nc1ccc(Cn2c(-c3nc(-c4cnn(C5CCN(C)CC5)c4)cnc3N)nc3ccccc32)cc1. The van der Waals surface area contributed by atoms with Gasteiger partial charge in [-0.3, -0.25) is 9.48 Å². The van der Waals surface area contributed by atoms with E-state index in [1.807, 2.05) is 54.7 Å². The molecule has 10 nitrogen and oxygen atoms in total. The highest BCUT2D eigenvalue weighted by Crippen LogP contribution is 2.30. The molecule has 40 heavy (non-hydrogen) atoms. The lowest BCUT2D eigenvalue weighted by atomic mass is 10.1. The van der Waals surface area contributed by atoms with Crippen molar-refractivity contribution in [1.29, 1.82) is 0 Å². The summed E-state index contributed by atoms with van der Waals surface area (Å²) in [5.41, 5.74) is 12.1. The van der Waals surface area contributed by atoms with Crippen LogP contribution in [0.15, 0.2) is 79.8 Å². The van der Waals surface area contributed by atoms with E-state index in [9.17, 15) is 4.79 Å². The number of likely N-dealkylation sites (tertiary alicyclic amines) is 1. The Kier molecular flexibility index (Phi) is 6.83. The lowest BCUT2D eigenvalue weighted by Crippen LogP contribution is -2.31. The number of nitrogen functional groups attached to an aromatic ring is 1. The number of hydrogen-bond donors (Lipinski definition) is 2. The van der Waals surface area contributed by atoms with Gasteiger partial charge in [-0.25, -0.2) is 15.0 Å². The van der Waals surface area contributed by atoms with Gasteiger partial charge in [0.05, 0.1) is 35.2 Å². The molecule has 1 aliphatic rings. The molecular weight excluding hydrogens is 502 g/mol. The van der Waals surface area contributed by atoms with Gasteiger partial charge in [0, 0.05) is 24.0 Å². The number of carbonyl (C=O) groups excluding carboxylic acids is 1. The van der Waals surface area contributed by atoms with Gasteiger partial charge < -0.3 is 20.5 Å². The third kappa shape index (κ3) is 5.08. The number of hydrogen-bond acceptors (Lipinski definition) is 7. The molecule has 0 aliphatic carbocycles. The second kappa shape index (κ2) is 10.7. The molecule has 6 rings (SSSR count).